The predicted molar refractivity (Wildman–Crippen MR) is 68.0 cm³/mol. The molecule has 1 saturated carbocycles. The van der Waals surface area contributed by atoms with Crippen LogP contribution in [0.2, 0.25) is 0 Å². The van der Waals surface area contributed by atoms with Crippen LogP contribution in [0.1, 0.15) is 48.5 Å². The van der Waals surface area contributed by atoms with Crippen molar-refractivity contribution in [1.82, 2.24) is 0 Å². The summed E-state index contributed by atoms with van der Waals surface area (Å²) in [6, 6.07) is 2.36. The molecule has 1 aromatic carbocycles. The quantitative estimate of drug-likeness (QED) is 0.835. The van der Waals surface area contributed by atoms with Crippen molar-refractivity contribution in [3.8, 4) is 0 Å². The van der Waals surface area contributed by atoms with Crippen LogP contribution in [0.25, 0.3) is 0 Å². The second kappa shape index (κ2) is 5.00. The lowest BCUT2D eigenvalue weighted by atomic mass is 9.75. The molecule has 1 aliphatic carbocycles. The van der Waals surface area contributed by atoms with Gasteiger partial charge in [-0.15, -0.1) is 0 Å². The number of hydrogen-bond acceptors (Lipinski definition) is 2. The molecule has 0 radical (unpaired) electrons. The van der Waals surface area contributed by atoms with Crippen LogP contribution in [0, 0.1) is 24.5 Å². The zero-order chi connectivity index (χ0) is 14.2. The molecule has 1 aliphatic rings. The molecular formula is C15H18F2O2. The van der Waals surface area contributed by atoms with E-state index in [-0.39, 0.29) is 18.4 Å². The summed E-state index contributed by atoms with van der Waals surface area (Å²) in [5.41, 5.74) is -2.02. The van der Waals surface area contributed by atoms with Crippen LogP contribution in [0.5, 0.6) is 0 Å². The van der Waals surface area contributed by atoms with Crippen molar-refractivity contribution >= 4 is 5.78 Å². The number of ketones is 1. The monoisotopic (exact) mass is 268 g/mol. The van der Waals surface area contributed by atoms with Gasteiger partial charge in [-0.25, -0.2) is 8.78 Å². The van der Waals surface area contributed by atoms with Gasteiger partial charge in [0.2, 0.25) is 0 Å². The summed E-state index contributed by atoms with van der Waals surface area (Å²) in [7, 11) is 0. The fourth-order valence-corrected chi connectivity index (χ4v) is 2.56. The average molecular weight is 268 g/mol. The molecule has 0 atom stereocenters. The van der Waals surface area contributed by atoms with E-state index in [0.717, 1.165) is 6.07 Å². The first kappa shape index (κ1) is 14.1. The Morgan fingerprint density at radius 1 is 1.32 bits per heavy atom. The zero-order valence-corrected chi connectivity index (χ0v) is 11.2. The van der Waals surface area contributed by atoms with Crippen molar-refractivity contribution in [1.29, 1.82) is 0 Å². The molecule has 0 amide bonds. The number of rotatable bonds is 2. The number of aryl methyl sites for hydroxylation is 1. The van der Waals surface area contributed by atoms with E-state index in [1.54, 1.807) is 0 Å². The number of hydrogen-bond donors (Lipinski definition) is 1. The third kappa shape index (κ3) is 2.54. The van der Waals surface area contributed by atoms with E-state index in [0.29, 0.717) is 18.8 Å². The summed E-state index contributed by atoms with van der Waals surface area (Å²) >= 11 is 0. The smallest absolute Gasteiger partial charge is 0.200 e. The van der Waals surface area contributed by atoms with E-state index in [2.05, 4.69) is 0 Å². The third-order valence-electron chi connectivity index (χ3n) is 4.04. The van der Waals surface area contributed by atoms with Crippen LogP contribution in [0.15, 0.2) is 12.1 Å². The van der Waals surface area contributed by atoms with E-state index < -0.39 is 28.6 Å². The van der Waals surface area contributed by atoms with Crippen LogP contribution in [0.3, 0.4) is 0 Å². The van der Waals surface area contributed by atoms with Crippen molar-refractivity contribution < 1.29 is 18.7 Å². The molecule has 1 fully saturated rings. The molecule has 19 heavy (non-hydrogen) atoms. The Morgan fingerprint density at radius 2 is 1.89 bits per heavy atom. The SMILES string of the molecule is Cc1ccc(F)c(C(=O)C2(O)CCC(C)CC2)c1F. The minimum atomic E-state index is -1.62. The Morgan fingerprint density at radius 3 is 2.47 bits per heavy atom. The van der Waals surface area contributed by atoms with E-state index in [1.165, 1.54) is 13.0 Å². The number of carbonyl (C=O) groups excluding carboxylic acids is 1. The minimum absolute atomic E-state index is 0.206. The van der Waals surface area contributed by atoms with Crippen LogP contribution in [-0.4, -0.2) is 16.5 Å². The fourth-order valence-electron chi connectivity index (χ4n) is 2.56. The third-order valence-corrected chi connectivity index (χ3v) is 4.04. The number of carbonyl (C=O) groups is 1. The Hall–Kier alpha value is -1.29. The van der Waals surface area contributed by atoms with Gasteiger partial charge in [0.05, 0.1) is 5.56 Å². The molecule has 4 heteroatoms. The highest BCUT2D eigenvalue weighted by Gasteiger charge is 2.41. The maximum absolute atomic E-state index is 13.9. The van der Waals surface area contributed by atoms with E-state index in [9.17, 15) is 18.7 Å². The first-order chi connectivity index (χ1) is 8.85. The lowest BCUT2D eigenvalue weighted by Crippen LogP contribution is -2.42. The minimum Gasteiger partial charge on any atom is -0.382 e. The molecule has 0 heterocycles. The zero-order valence-electron chi connectivity index (χ0n) is 11.2. The molecule has 0 saturated heterocycles. The number of benzene rings is 1. The predicted octanol–water partition coefficient (Wildman–Crippen LogP) is 3.40. The molecule has 2 nitrogen and oxygen atoms in total. The highest BCUT2D eigenvalue weighted by Crippen LogP contribution is 2.35. The standard InChI is InChI=1S/C15H18F2O2/c1-9-5-7-15(19,8-6-9)14(18)12-11(16)4-3-10(2)13(12)17/h3-4,9,19H,5-8H2,1-2H3. The van der Waals surface area contributed by atoms with Gasteiger partial charge in [0, 0.05) is 0 Å². The van der Waals surface area contributed by atoms with Crippen molar-refractivity contribution in [3.05, 3.63) is 34.9 Å². The average Bonchev–Trinajstić information content (AvgIpc) is 2.38. The molecular weight excluding hydrogens is 250 g/mol. The summed E-state index contributed by atoms with van der Waals surface area (Å²) in [6.07, 6.45) is 1.91. The highest BCUT2D eigenvalue weighted by molar-refractivity contribution is 6.03. The Bertz CT molecular complexity index is 503. The van der Waals surface area contributed by atoms with Crippen LogP contribution < -0.4 is 0 Å². The molecule has 0 spiro atoms. The summed E-state index contributed by atoms with van der Waals surface area (Å²) < 4.78 is 27.7. The molecule has 1 N–H and O–H groups in total. The maximum Gasteiger partial charge on any atom is 0.200 e. The summed E-state index contributed by atoms with van der Waals surface area (Å²) in [6.45, 7) is 3.51. The van der Waals surface area contributed by atoms with Gasteiger partial charge in [0.15, 0.2) is 5.78 Å². The number of Topliss-reactive ketones (excluding diaryl/α,β-unsaturated/α-hetero) is 1. The molecule has 2 rings (SSSR count). The second-order valence-electron chi connectivity index (χ2n) is 5.60. The van der Waals surface area contributed by atoms with Gasteiger partial charge in [-0.2, -0.15) is 0 Å². The lowest BCUT2D eigenvalue weighted by molar-refractivity contribution is 0.00354. The van der Waals surface area contributed by atoms with E-state index in [1.807, 2.05) is 6.92 Å². The first-order valence-electron chi connectivity index (χ1n) is 6.57. The first-order valence-corrected chi connectivity index (χ1v) is 6.57. The number of halogens is 2. The Balaban J connectivity index is 2.37. The van der Waals surface area contributed by atoms with E-state index >= 15 is 0 Å². The molecule has 0 aromatic heterocycles. The van der Waals surface area contributed by atoms with Crippen LogP contribution in [-0.2, 0) is 0 Å². The molecule has 0 bridgehead atoms. The lowest BCUT2D eigenvalue weighted by Gasteiger charge is -2.33. The van der Waals surface area contributed by atoms with Gasteiger partial charge < -0.3 is 5.11 Å². The highest BCUT2D eigenvalue weighted by atomic mass is 19.1. The second-order valence-corrected chi connectivity index (χ2v) is 5.60. The topological polar surface area (TPSA) is 37.3 Å². The van der Waals surface area contributed by atoms with Gasteiger partial charge in [0.25, 0.3) is 0 Å². The van der Waals surface area contributed by atoms with Crippen LogP contribution >= 0.6 is 0 Å². The normalized spacial score (nSPS) is 27.3. The van der Waals surface area contributed by atoms with Gasteiger partial charge >= 0.3 is 0 Å². The van der Waals surface area contributed by atoms with Crippen LogP contribution in [0.4, 0.5) is 8.78 Å². The molecule has 0 aliphatic heterocycles. The van der Waals surface area contributed by atoms with Gasteiger partial charge in [-0.05, 0) is 50.2 Å². The summed E-state index contributed by atoms with van der Waals surface area (Å²) in [5.74, 6) is -2.16. The number of aliphatic hydroxyl groups is 1. The molecule has 104 valence electrons. The van der Waals surface area contributed by atoms with Gasteiger partial charge in [0.1, 0.15) is 17.2 Å². The summed E-state index contributed by atoms with van der Waals surface area (Å²) in [4.78, 5) is 12.3. The van der Waals surface area contributed by atoms with E-state index in [4.69, 9.17) is 0 Å². The van der Waals surface area contributed by atoms with Crippen molar-refractivity contribution in [2.24, 2.45) is 5.92 Å². The Labute approximate surface area is 111 Å². The fraction of sp³-hybridized carbons (Fsp3) is 0.533. The van der Waals surface area contributed by atoms with Crippen molar-refractivity contribution in [2.75, 3.05) is 0 Å². The van der Waals surface area contributed by atoms with Gasteiger partial charge in [-0.1, -0.05) is 13.0 Å². The molecule has 1 aromatic rings. The van der Waals surface area contributed by atoms with Gasteiger partial charge in [-0.3, -0.25) is 4.79 Å². The maximum atomic E-state index is 13.9. The summed E-state index contributed by atoms with van der Waals surface area (Å²) in [5, 5.41) is 10.4. The Kier molecular flexibility index (Phi) is 3.72. The largest absolute Gasteiger partial charge is 0.382 e. The van der Waals surface area contributed by atoms with Crippen molar-refractivity contribution in [3.63, 3.8) is 0 Å². The van der Waals surface area contributed by atoms with Crippen molar-refractivity contribution in [2.45, 2.75) is 45.1 Å². The molecule has 0 unspecified atom stereocenters.